The molecule has 0 saturated heterocycles. The number of ether oxygens (including phenoxy) is 1. The van der Waals surface area contributed by atoms with Crippen molar-refractivity contribution in [1.82, 2.24) is 9.55 Å². The number of nitrogens with one attached hydrogen (secondary N) is 1. The van der Waals surface area contributed by atoms with Gasteiger partial charge in [0.25, 0.3) is 0 Å². The lowest BCUT2D eigenvalue weighted by atomic mass is 9.77. The molecule has 0 saturated carbocycles. The van der Waals surface area contributed by atoms with Crippen LogP contribution in [0.25, 0.3) is 6.08 Å². The van der Waals surface area contributed by atoms with E-state index in [4.69, 9.17) is 16.3 Å². The number of hydrogen-bond acceptors (Lipinski definition) is 5. The Morgan fingerprint density at radius 3 is 2.54 bits per heavy atom. The fourth-order valence-corrected chi connectivity index (χ4v) is 3.87. The lowest BCUT2D eigenvalue weighted by molar-refractivity contribution is -0.134. The molecule has 3 aromatic rings. The molecule has 0 radical (unpaired) electrons. The van der Waals surface area contributed by atoms with Crippen LogP contribution in [0, 0.1) is 0 Å². The van der Waals surface area contributed by atoms with E-state index in [1.54, 1.807) is 54.5 Å². The molecule has 0 aliphatic carbocycles. The van der Waals surface area contributed by atoms with Crippen molar-refractivity contribution in [3.8, 4) is 0 Å². The van der Waals surface area contributed by atoms with Gasteiger partial charge in [0.2, 0.25) is 5.72 Å². The van der Waals surface area contributed by atoms with E-state index < -0.39 is 11.3 Å². The van der Waals surface area contributed by atoms with Gasteiger partial charge in [-0.25, -0.2) is 4.98 Å². The molecule has 0 amide bonds. The second-order valence-corrected chi connectivity index (χ2v) is 7.17. The molecule has 2 heterocycles. The highest BCUT2D eigenvalue weighted by molar-refractivity contribution is 6.30. The first-order chi connectivity index (χ1) is 13.4. The lowest BCUT2D eigenvalue weighted by Gasteiger charge is -2.48. The molecule has 28 heavy (non-hydrogen) atoms. The number of aliphatic hydroxyl groups is 2. The van der Waals surface area contributed by atoms with Crippen molar-refractivity contribution in [3.63, 3.8) is 0 Å². The molecule has 1 aromatic heterocycles. The highest BCUT2D eigenvalue weighted by atomic mass is 35.5. The van der Waals surface area contributed by atoms with Crippen molar-refractivity contribution in [3.05, 3.63) is 88.7 Å². The second kappa shape index (κ2) is 6.67. The zero-order valence-corrected chi connectivity index (χ0v) is 16.2. The summed E-state index contributed by atoms with van der Waals surface area (Å²) >= 11 is 6.06. The quantitative estimate of drug-likeness (QED) is 0.626. The Morgan fingerprint density at radius 1 is 1.18 bits per heavy atom. The molecular formula is C21H20ClN3O3. The van der Waals surface area contributed by atoms with Crippen LogP contribution < -0.4 is 5.32 Å². The van der Waals surface area contributed by atoms with Crippen LogP contribution in [0.15, 0.2) is 66.8 Å². The average Bonchev–Trinajstić information content (AvgIpc) is 3.13. The van der Waals surface area contributed by atoms with Crippen LogP contribution in [0.3, 0.4) is 0 Å². The molecule has 2 atom stereocenters. The molecule has 144 valence electrons. The smallest absolute Gasteiger partial charge is 0.236 e. The van der Waals surface area contributed by atoms with Gasteiger partial charge in [0.15, 0.2) is 5.60 Å². The summed E-state index contributed by atoms with van der Waals surface area (Å²) in [6, 6.07) is 14.2. The summed E-state index contributed by atoms with van der Waals surface area (Å²) in [7, 11) is 3.20. The lowest BCUT2D eigenvalue weighted by Crippen LogP contribution is -2.61. The van der Waals surface area contributed by atoms with Gasteiger partial charge >= 0.3 is 0 Å². The maximum Gasteiger partial charge on any atom is 0.236 e. The number of methoxy groups -OCH3 is 1. The Bertz CT molecular complexity index is 1050. The number of nitrogens with zero attached hydrogens (tertiary/aromatic N) is 2. The molecule has 1 aliphatic heterocycles. The zero-order chi connectivity index (χ0) is 19.9. The first-order valence-corrected chi connectivity index (χ1v) is 9.09. The Balaban J connectivity index is 2.01. The zero-order valence-electron chi connectivity index (χ0n) is 15.4. The van der Waals surface area contributed by atoms with Crippen LogP contribution in [0.2, 0.25) is 5.02 Å². The molecule has 0 fully saturated rings. The van der Waals surface area contributed by atoms with Gasteiger partial charge < -0.3 is 24.8 Å². The number of hydrogen-bond donors (Lipinski definition) is 3. The minimum absolute atomic E-state index is 0.160. The summed E-state index contributed by atoms with van der Waals surface area (Å²) in [6.45, 7) is 0. The highest BCUT2D eigenvalue weighted by Gasteiger charge is 2.59. The van der Waals surface area contributed by atoms with Crippen LogP contribution in [0.1, 0.15) is 16.8 Å². The van der Waals surface area contributed by atoms with Gasteiger partial charge in [-0.2, -0.15) is 0 Å². The predicted octanol–water partition coefficient (Wildman–Crippen LogP) is 3.68. The van der Waals surface area contributed by atoms with Crippen molar-refractivity contribution in [2.24, 2.45) is 7.05 Å². The third-order valence-corrected chi connectivity index (χ3v) is 5.44. The van der Waals surface area contributed by atoms with Crippen molar-refractivity contribution in [2.75, 3.05) is 12.4 Å². The number of benzene rings is 2. The van der Waals surface area contributed by atoms with E-state index in [2.05, 4.69) is 10.3 Å². The summed E-state index contributed by atoms with van der Waals surface area (Å²) in [5, 5.41) is 27.0. The van der Waals surface area contributed by atoms with Gasteiger partial charge in [-0.3, -0.25) is 0 Å². The topological polar surface area (TPSA) is 79.5 Å². The molecule has 4 rings (SSSR count). The number of rotatable bonds is 4. The maximum atomic E-state index is 12.2. The maximum absolute atomic E-state index is 12.2. The van der Waals surface area contributed by atoms with E-state index in [0.717, 1.165) is 11.3 Å². The van der Waals surface area contributed by atoms with Crippen LogP contribution in [-0.2, 0) is 17.4 Å². The van der Waals surface area contributed by atoms with Crippen molar-refractivity contribution >= 4 is 23.4 Å². The number of aryl methyl sites for hydroxylation is 1. The fourth-order valence-electron chi connectivity index (χ4n) is 3.75. The minimum atomic E-state index is -1.83. The van der Waals surface area contributed by atoms with E-state index >= 15 is 0 Å². The first-order valence-electron chi connectivity index (χ1n) is 8.71. The number of anilines is 1. The summed E-state index contributed by atoms with van der Waals surface area (Å²) < 4.78 is 7.51. The van der Waals surface area contributed by atoms with E-state index in [1.165, 1.54) is 7.11 Å². The fraction of sp³-hybridized carbons (Fsp3) is 0.190. The number of imidazole rings is 1. The van der Waals surface area contributed by atoms with Crippen LogP contribution >= 0.6 is 11.6 Å². The molecule has 0 bridgehead atoms. The Labute approximate surface area is 167 Å². The molecule has 6 nitrogen and oxygen atoms in total. The first kappa shape index (κ1) is 18.6. The van der Waals surface area contributed by atoms with Gasteiger partial charge in [0, 0.05) is 30.4 Å². The number of aromatic nitrogens is 2. The summed E-state index contributed by atoms with van der Waals surface area (Å²) in [6.07, 6.45) is 4.72. The van der Waals surface area contributed by atoms with Gasteiger partial charge in [-0.15, -0.1) is 0 Å². The van der Waals surface area contributed by atoms with E-state index in [1.807, 2.05) is 24.3 Å². The third-order valence-electron chi connectivity index (χ3n) is 5.19. The normalized spacial score (nSPS) is 20.6. The molecular weight excluding hydrogens is 378 g/mol. The number of aliphatic hydroxyl groups excluding tert-OH is 1. The molecule has 0 spiro atoms. The molecule has 1 aliphatic rings. The predicted molar refractivity (Wildman–Crippen MR) is 108 cm³/mol. The summed E-state index contributed by atoms with van der Waals surface area (Å²) in [5.74, 6) is -0.160. The van der Waals surface area contributed by atoms with Gasteiger partial charge in [-0.05, 0) is 29.8 Å². The highest BCUT2D eigenvalue weighted by Crippen LogP contribution is 2.48. The van der Waals surface area contributed by atoms with Crippen molar-refractivity contribution < 1.29 is 14.9 Å². The molecule has 2 aromatic carbocycles. The van der Waals surface area contributed by atoms with Gasteiger partial charge in [0.1, 0.15) is 5.76 Å². The average molecular weight is 398 g/mol. The Kier molecular flexibility index (Phi) is 4.42. The van der Waals surface area contributed by atoms with E-state index in [0.29, 0.717) is 16.3 Å². The van der Waals surface area contributed by atoms with E-state index in [-0.39, 0.29) is 5.76 Å². The van der Waals surface area contributed by atoms with Gasteiger partial charge in [-0.1, -0.05) is 41.9 Å². The van der Waals surface area contributed by atoms with Crippen molar-refractivity contribution in [2.45, 2.75) is 11.3 Å². The molecule has 3 N–H and O–H groups in total. The SMILES string of the molecule is COC1(C(O)(c2ccc(Cl)cc2)c2cncn2C)Nc2ccccc2C=C1O. The molecule has 7 heteroatoms. The van der Waals surface area contributed by atoms with E-state index in [9.17, 15) is 10.2 Å². The monoisotopic (exact) mass is 397 g/mol. The van der Waals surface area contributed by atoms with Crippen LogP contribution in [0.4, 0.5) is 5.69 Å². The third kappa shape index (κ3) is 2.53. The number of fused-ring (bicyclic) bond motifs is 1. The standard InChI is InChI=1S/C21H20ClN3O3/c1-25-13-23-12-18(25)20(27,15-7-9-16(22)10-8-15)21(28-2)19(26)11-14-5-3-4-6-17(14)24-21/h3-13,24,26-27H,1-2H3. The second-order valence-electron chi connectivity index (χ2n) is 6.73. The van der Waals surface area contributed by atoms with Crippen molar-refractivity contribution in [1.29, 1.82) is 0 Å². The number of halogens is 1. The summed E-state index contributed by atoms with van der Waals surface area (Å²) in [4.78, 5) is 4.15. The number of para-hydroxylation sites is 1. The molecule has 2 unspecified atom stereocenters. The largest absolute Gasteiger partial charge is 0.507 e. The van der Waals surface area contributed by atoms with Crippen LogP contribution in [-0.4, -0.2) is 32.6 Å². The van der Waals surface area contributed by atoms with Crippen LogP contribution in [0.5, 0.6) is 0 Å². The minimum Gasteiger partial charge on any atom is -0.507 e. The Morgan fingerprint density at radius 2 is 1.89 bits per heavy atom. The summed E-state index contributed by atoms with van der Waals surface area (Å²) in [5.41, 5.74) is -1.10. The Hall–Kier alpha value is -2.80. The van der Waals surface area contributed by atoms with Gasteiger partial charge in [0.05, 0.1) is 18.2 Å².